The quantitative estimate of drug-likeness (QED) is 0.662. The number of piperidine rings is 1. The summed E-state index contributed by atoms with van der Waals surface area (Å²) in [5.41, 5.74) is 0.534. The first kappa shape index (κ1) is 19.7. The van der Waals surface area contributed by atoms with E-state index in [1.165, 1.54) is 36.3 Å². The molecule has 0 bridgehead atoms. The Morgan fingerprint density at radius 2 is 2.19 bits per heavy atom. The van der Waals surface area contributed by atoms with Crippen molar-refractivity contribution in [3.8, 4) is 0 Å². The number of rotatable bonds is 7. The van der Waals surface area contributed by atoms with Crippen molar-refractivity contribution in [2.45, 2.75) is 24.2 Å². The van der Waals surface area contributed by atoms with Gasteiger partial charge in [0.25, 0.3) is 0 Å². The number of hydrogen-bond acceptors (Lipinski definition) is 6. The van der Waals surface area contributed by atoms with Gasteiger partial charge >= 0.3 is 0 Å². The van der Waals surface area contributed by atoms with Crippen LogP contribution in [0.4, 0.5) is 15.2 Å². The topological polar surface area (TPSA) is 63.2 Å². The standard InChI is InChI=1S/C17H22ClFN4OS2/c1-23-7-3-12(4-8-23)2-5-20-15-11-14(19)16(10-13(15)18)26(24)22-17-21-6-9-25-17/h6,9-12,20H,2-5,7-8H2,1H3,(H,21,22). The molecule has 1 aliphatic heterocycles. The van der Waals surface area contributed by atoms with Crippen molar-refractivity contribution in [2.75, 3.05) is 36.7 Å². The summed E-state index contributed by atoms with van der Waals surface area (Å²) in [5, 5.41) is 5.79. The molecule has 9 heteroatoms. The molecule has 5 nitrogen and oxygen atoms in total. The van der Waals surface area contributed by atoms with Crippen molar-refractivity contribution in [2.24, 2.45) is 5.92 Å². The van der Waals surface area contributed by atoms with Gasteiger partial charge in [-0.25, -0.2) is 9.37 Å². The third kappa shape index (κ3) is 5.23. The Hall–Kier alpha value is -1.06. The zero-order chi connectivity index (χ0) is 18.5. The Morgan fingerprint density at radius 3 is 2.88 bits per heavy atom. The average Bonchev–Trinajstić information content (AvgIpc) is 3.12. The number of nitrogens with one attached hydrogen (secondary N) is 2. The Bertz CT molecular complexity index is 711. The highest BCUT2D eigenvalue weighted by Gasteiger charge is 2.22. The fourth-order valence-electron chi connectivity index (χ4n) is 2.98. The van der Waals surface area contributed by atoms with E-state index in [1.54, 1.807) is 11.6 Å². The number of nitrogens with zero attached hydrogens (tertiary/aromatic N) is 2. The monoisotopic (exact) mass is 416 g/mol. The lowest BCUT2D eigenvalue weighted by Crippen LogP contribution is -2.30. The number of benzene rings is 1. The Labute approximate surface area is 165 Å². The number of aromatic nitrogens is 1. The van der Waals surface area contributed by atoms with E-state index >= 15 is 0 Å². The van der Waals surface area contributed by atoms with Gasteiger partial charge in [-0.1, -0.05) is 11.6 Å². The molecule has 3 rings (SSSR count). The van der Waals surface area contributed by atoms with Crippen LogP contribution in [0, 0.1) is 11.7 Å². The number of halogens is 2. The lowest BCUT2D eigenvalue weighted by Gasteiger charge is -2.29. The number of thiazole rings is 1. The summed E-state index contributed by atoms with van der Waals surface area (Å²) in [7, 11) is 2.14. The molecule has 26 heavy (non-hydrogen) atoms. The van der Waals surface area contributed by atoms with Crippen LogP contribution in [0.5, 0.6) is 0 Å². The predicted molar refractivity (Wildman–Crippen MR) is 107 cm³/mol. The van der Waals surface area contributed by atoms with Gasteiger partial charge < -0.3 is 14.8 Å². The first-order chi connectivity index (χ1) is 12.5. The van der Waals surface area contributed by atoms with E-state index in [2.05, 4.69) is 27.0 Å². The van der Waals surface area contributed by atoms with E-state index in [-0.39, 0.29) is 4.90 Å². The van der Waals surface area contributed by atoms with Gasteiger partial charge in [0.2, 0.25) is 10.0 Å². The van der Waals surface area contributed by atoms with Crippen LogP contribution >= 0.6 is 22.9 Å². The van der Waals surface area contributed by atoms with Crippen LogP contribution in [0.3, 0.4) is 0 Å². The molecule has 0 amide bonds. The summed E-state index contributed by atoms with van der Waals surface area (Å²) >= 11 is 5.80. The molecule has 0 aliphatic carbocycles. The summed E-state index contributed by atoms with van der Waals surface area (Å²) < 4.78 is 29.3. The van der Waals surface area contributed by atoms with Crippen molar-refractivity contribution < 1.29 is 8.94 Å². The maximum Gasteiger partial charge on any atom is 0.226 e. The maximum atomic E-state index is 14.4. The maximum absolute atomic E-state index is 14.4. The van der Waals surface area contributed by atoms with E-state index < -0.39 is 17.2 Å². The van der Waals surface area contributed by atoms with Gasteiger partial charge in [-0.05, 0) is 45.3 Å². The van der Waals surface area contributed by atoms with Crippen LogP contribution < -0.4 is 10.0 Å². The van der Waals surface area contributed by atoms with Crippen LogP contribution in [-0.2, 0) is 11.4 Å². The van der Waals surface area contributed by atoms with Gasteiger partial charge in [-0.3, -0.25) is 0 Å². The molecule has 1 fully saturated rings. The normalized spacial score (nSPS) is 17.2. The van der Waals surface area contributed by atoms with Crippen molar-refractivity contribution in [1.82, 2.24) is 9.88 Å². The highest BCUT2D eigenvalue weighted by atomic mass is 35.5. The number of hydrogen-bond donors (Lipinski definition) is 2. The summed E-state index contributed by atoms with van der Waals surface area (Å²) in [5.74, 6) is 0.134. The minimum Gasteiger partial charge on any atom is -0.588 e. The lowest BCUT2D eigenvalue weighted by molar-refractivity contribution is 0.215. The minimum atomic E-state index is -1.75. The molecule has 1 aromatic heterocycles. The SMILES string of the molecule is CN1CCC(CCNc2cc(F)c([S+]([O-])Nc3nccs3)cc2Cl)CC1. The molecule has 1 atom stereocenters. The second-order valence-electron chi connectivity index (χ2n) is 6.43. The van der Waals surface area contributed by atoms with Crippen LogP contribution in [0.25, 0.3) is 0 Å². The van der Waals surface area contributed by atoms with E-state index in [0.717, 1.165) is 26.1 Å². The Morgan fingerprint density at radius 1 is 1.42 bits per heavy atom. The molecule has 0 spiro atoms. The molecular formula is C17H22ClFN4OS2. The summed E-state index contributed by atoms with van der Waals surface area (Å²) in [6, 6.07) is 2.72. The van der Waals surface area contributed by atoms with E-state index in [1.807, 2.05) is 0 Å². The fourth-order valence-corrected chi connectivity index (χ4v) is 4.85. The first-order valence-electron chi connectivity index (χ1n) is 8.52. The minimum absolute atomic E-state index is 0.0195. The van der Waals surface area contributed by atoms with Crippen molar-refractivity contribution in [3.63, 3.8) is 0 Å². The molecule has 2 aromatic rings. The second kappa shape index (κ2) is 9.23. The Balaban J connectivity index is 1.56. The predicted octanol–water partition coefficient (Wildman–Crippen LogP) is 4.21. The molecule has 142 valence electrons. The number of likely N-dealkylation sites (tertiary alicyclic amines) is 1. The van der Waals surface area contributed by atoms with Gasteiger partial charge in [-0.15, -0.1) is 11.3 Å². The molecule has 1 aromatic carbocycles. The highest BCUT2D eigenvalue weighted by molar-refractivity contribution is 7.93. The van der Waals surface area contributed by atoms with E-state index in [4.69, 9.17) is 11.6 Å². The van der Waals surface area contributed by atoms with Crippen LogP contribution in [-0.4, -0.2) is 41.1 Å². The fraction of sp³-hybridized carbons (Fsp3) is 0.471. The van der Waals surface area contributed by atoms with Crippen molar-refractivity contribution in [3.05, 3.63) is 34.5 Å². The largest absolute Gasteiger partial charge is 0.588 e. The average molecular weight is 417 g/mol. The smallest absolute Gasteiger partial charge is 0.226 e. The zero-order valence-electron chi connectivity index (χ0n) is 14.5. The van der Waals surface area contributed by atoms with Crippen LogP contribution in [0.2, 0.25) is 5.02 Å². The molecule has 0 radical (unpaired) electrons. The molecule has 1 unspecified atom stereocenters. The molecule has 2 N–H and O–H groups in total. The van der Waals surface area contributed by atoms with Gasteiger partial charge in [0, 0.05) is 30.3 Å². The highest BCUT2D eigenvalue weighted by Crippen LogP contribution is 2.30. The van der Waals surface area contributed by atoms with E-state index in [0.29, 0.717) is 21.8 Å². The molecule has 0 saturated carbocycles. The summed E-state index contributed by atoms with van der Waals surface area (Å²) in [6.45, 7) is 3.01. The third-order valence-electron chi connectivity index (χ3n) is 4.54. The van der Waals surface area contributed by atoms with E-state index in [9.17, 15) is 8.94 Å². The summed E-state index contributed by atoms with van der Waals surface area (Å²) in [6.07, 6.45) is 5.01. The van der Waals surface area contributed by atoms with Crippen LogP contribution in [0.1, 0.15) is 19.3 Å². The van der Waals surface area contributed by atoms with Crippen LogP contribution in [0.15, 0.2) is 28.6 Å². The first-order valence-corrected chi connectivity index (χ1v) is 10.9. The van der Waals surface area contributed by atoms with Gasteiger partial charge in [-0.2, -0.15) is 4.72 Å². The lowest BCUT2D eigenvalue weighted by atomic mass is 9.94. The molecular weight excluding hydrogens is 395 g/mol. The Kier molecular flexibility index (Phi) is 6.99. The zero-order valence-corrected chi connectivity index (χ0v) is 16.9. The van der Waals surface area contributed by atoms with Gasteiger partial charge in [0.15, 0.2) is 5.82 Å². The van der Waals surface area contributed by atoms with Crippen molar-refractivity contribution in [1.29, 1.82) is 0 Å². The summed E-state index contributed by atoms with van der Waals surface area (Å²) in [4.78, 5) is 6.35. The van der Waals surface area contributed by atoms with Crippen molar-refractivity contribution >= 4 is 45.1 Å². The second-order valence-corrected chi connectivity index (χ2v) is 8.92. The third-order valence-corrected chi connectivity index (χ3v) is 6.76. The number of anilines is 2. The molecule has 1 saturated heterocycles. The molecule has 1 aliphatic rings. The van der Waals surface area contributed by atoms with Gasteiger partial charge in [0.1, 0.15) is 11.4 Å². The van der Waals surface area contributed by atoms with Gasteiger partial charge in [0.05, 0.1) is 10.7 Å². The molecule has 2 heterocycles.